The second-order valence-electron chi connectivity index (χ2n) is 5.93. The third kappa shape index (κ3) is 3.64. The standard InChI is InChI=1S/C16H19N3O4S/c1-12(20)19-9-7-14(8-10-19)15-17-18-16(23-15)24(21,22)11-13-5-3-2-4-6-13/h2-6,14H,7-11H2,1H3. The summed E-state index contributed by atoms with van der Waals surface area (Å²) in [4.78, 5) is 13.1. The summed E-state index contributed by atoms with van der Waals surface area (Å²) in [6, 6.07) is 8.88. The van der Waals surface area contributed by atoms with Crippen molar-refractivity contribution in [3.63, 3.8) is 0 Å². The average molecular weight is 349 g/mol. The van der Waals surface area contributed by atoms with Crippen molar-refractivity contribution in [2.75, 3.05) is 13.1 Å². The Morgan fingerprint density at radius 1 is 1.21 bits per heavy atom. The predicted molar refractivity (Wildman–Crippen MR) is 85.9 cm³/mol. The molecule has 1 aromatic carbocycles. The Kier molecular flexibility index (Phi) is 4.66. The molecule has 8 heteroatoms. The third-order valence-electron chi connectivity index (χ3n) is 4.18. The fourth-order valence-corrected chi connectivity index (χ4v) is 3.94. The van der Waals surface area contributed by atoms with Gasteiger partial charge in [-0.25, -0.2) is 8.42 Å². The van der Waals surface area contributed by atoms with Crippen molar-refractivity contribution < 1.29 is 17.6 Å². The van der Waals surface area contributed by atoms with Crippen LogP contribution in [0, 0.1) is 0 Å². The summed E-state index contributed by atoms with van der Waals surface area (Å²) in [7, 11) is -3.66. The molecule has 0 bridgehead atoms. The molecule has 0 spiro atoms. The van der Waals surface area contributed by atoms with Crippen LogP contribution in [0.15, 0.2) is 40.0 Å². The Labute approximate surface area is 140 Å². The van der Waals surface area contributed by atoms with Crippen molar-refractivity contribution in [2.45, 2.75) is 36.7 Å². The average Bonchev–Trinajstić information content (AvgIpc) is 3.06. The minimum atomic E-state index is -3.66. The van der Waals surface area contributed by atoms with Crippen molar-refractivity contribution >= 4 is 15.7 Å². The fraction of sp³-hybridized carbons (Fsp3) is 0.438. The lowest BCUT2D eigenvalue weighted by Crippen LogP contribution is -2.36. The molecule has 1 amide bonds. The molecule has 7 nitrogen and oxygen atoms in total. The molecule has 2 heterocycles. The van der Waals surface area contributed by atoms with Crippen LogP contribution in [-0.2, 0) is 20.4 Å². The molecule has 128 valence electrons. The number of amides is 1. The maximum atomic E-state index is 12.4. The molecule has 2 aromatic rings. The lowest BCUT2D eigenvalue weighted by Gasteiger charge is -2.29. The van der Waals surface area contributed by atoms with Crippen LogP contribution in [0.4, 0.5) is 0 Å². The molecule has 1 aromatic heterocycles. The first-order chi connectivity index (χ1) is 11.5. The molecule has 0 atom stereocenters. The Morgan fingerprint density at radius 2 is 1.88 bits per heavy atom. The molecule has 0 aliphatic carbocycles. The molecule has 0 N–H and O–H groups in total. The number of hydrogen-bond acceptors (Lipinski definition) is 6. The maximum absolute atomic E-state index is 12.4. The highest BCUT2D eigenvalue weighted by molar-refractivity contribution is 7.90. The Hall–Kier alpha value is -2.22. The van der Waals surface area contributed by atoms with E-state index in [1.807, 2.05) is 6.07 Å². The van der Waals surface area contributed by atoms with Crippen LogP contribution >= 0.6 is 0 Å². The molecular formula is C16H19N3O4S. The van der Waals surface area contributed by atoms with Crippen molar-refractivity contribution in [3.05, 3.63) is 41.8 Å². The fourth-order valence-electron chi connectivity index (χ4n) is 2.81. The van der Waals surface area contributed by atoms with E-state index in [9.17, 15) is 13.2 Å². The lowest BCUT2D eigenvalue weighted by atomic mass is 9.97. The summed E-state index contributed by atoms with van der Waals surface area (Å²) in [6.45, 7) is 2.78. The maximum Gasteiger partial charge on any atom is 0.335 e. The van der Waals surface area contributed by atoms with E-state index < -0.39 is 9.84 Å². The van der Waals surface area contributed by atoms with E-state index in [0.29, 0.717) is 37.4 Å². The molecule has 0 radical (unpaired) electrons. The number of benzene rings is 1. The summed E-state index contributed by atoms with van der Waals surface area (Å²) < 4.78 is 30.2. The Morgan fingerprint density at radius 3 is 2.50 bits per heavy atom. The van der Waals surface area contributed by atoms with Gasteiger partial charge in [0.1, 0.15) is 0 Å². The van der Waals surface area contributed by atoms with Gasteiger partial charge in [0, 0.05) is 25.9 Å². The molecule has 24 heavy (non-hydrogen) atoms. The second-order valence-corrected chi connectivity index (χ2v) is 7.80. The van der Waals surface area contributed by atoms with Crippen LogP contribution in [0.25, 0.3) is 0 Å². The van der Waals surface area contributed by atoms with E-state index in [0.717, 1.165) is 0 Å². The SMILES string of the molecule is CC(=O)N1CCC(c2nnc(S(=O)(=O)Cc3ccccc3)o2)CC1. The highest BCUT2D eigenvalue weighted by Gasteiger charge is 2.29. The second kappa shape index (κ2) is 6.72. The monoisotopic (exact) mass is 349 g/mol. The van der Waals surface area contributed by atoms with Gasteiger partial charge in [0.15, 0.2) is 0 Å². The van der Waals surface area contributed by atoms with Crippen molar-refractivity contribution in [1.29, 1.82) is 0 Å². The quantitative estimate of drug-likeness (QED) is 0.835. The number of aromatic nitrogens is 2. The first-order valence-corrected chi connectivity index (χ1v) is 9.46. The minimum Gasteiger partial charge on any atom is -0.412 e. The lowest BCUT2D eigenvalue weighted by molar-refractivity contribution is -0.129. The zero-order valence-electron chi connectivity index (χ0n) is 13.4. The Bertz CT molecular complexity index is 809. The van der Waals surface area contributed by atoms with Gasteiger partial charge in [0.05, 0.1) is 5.75 Å². The van der Waals surface area contributed by atoms with Crippen LogP contribution < -0.4 is 0 Å². The van der Waals surface area contributed by atoms with Gasteiger partial charge in [0.2, 0.25) is 21.6 Å². The molecule has 3 rings (SSSR count). The van der Waals surface area contributed by atoms with E-state index in [-0.39, 0.29) is 22.8 Å². The van der Waals surface area contributed by atoms with Crippen molar-refractivity contribution in [2.24, 2.45) is 0 Å². The Balaban J connectivity index is 1.70. The van der Waals surface area contributed by atoms with Gasteiger partial charge < -0.3 is 9.32 Å². The molecule has 1 aliphatic rings. The normalized spacial score (nSPS) is 16.3. The zero-order valence-corrected chi connectivity index (χ0v) is 14.2. The van der Waals surface area contributed by atoms with Gasteiger partial charge >= 0.3 is 5.22 Å². The largest absolute Gasteiger partial charge is 0.412 e. The summed E-state index contributed by atoms with van der Waals surface area (Å²) in [5.74, 6) is 0.210. The number of carbonyl (C=O) groups excluding carboxylic acids is 1. The van der Waals surface area contributed by atoms with Gasteiger partial charge in [-0.1, -0.05) is 35.4 Å². The smallest absolute Gasteiger partial charge is 0.335 e. The highest BCUT2D eigenvalue weighted by Crippen LogP contribution is 2.28. The van der Waals surface area contributed by atoms with Crippen molar-refractivity contribution in [1.82, 2.24) is 15.1 Å². The van der Waals surface area contributed by atoms with Crippen LogP contribution in [0.5, 0.6) is 0 Å². The van der Waals surface area contributed by atoms with Gasteiger partial charge in [-0.3, -0.25) is 4.79 Å². The molecular weight excluding hydrogens is 330 g/mol. The number of piperidine rings is 1. The van der Waals surface area contributed by atoms with E-state index in [1.165, 1.54) is 0 Å². The summed E-state index contributed by atoms with van der Waals surface area (Å²) >= 11 is 0. The molecule has 1 fully saturated rings. The number of nitrogens with zero attached hydrogens (tertiary/aromatic N) is 3. The van der Waals surface area contributed by atoms with E-state index in [4.69, 9.17) is 4.42 Å². The van der Waals surface area contributed by atoms with Crippen LogP contribution in [-0.4, -0.2) is 42.5 Å². The number of likely N-dealkylation sites (tertiary alicyclic amines) is 1. The first-order valence-electron chi connectivity index (χ1n) is 7.81. The van der Waals surface area contributed by atoms with Crippen LogP contribution in [0.2, 0.25) is 0 Å². The highest BCUT2D eigenvalue weighted by atomic mass is 32.2. The number of hydrogen-bond donors (Lipinski definition) is 0. The van der Waals surface area contributed by atoms with Gasteiger partial charge in [0.25, 0.3) is 0 Å². The summed E-state index contributed by atoms with van der Waals surface area (Å²) in [6.07, 6.45) is 1.39. The third-order valence-corrected chi connectivity index (χ3v) is 5.59. The topological polar surface area (TPSA) is 93.4 Å². The van der Waals surface area contributed by atoms with Gasteiger partial charge in [-0.05, 0) is 18.4 Å². The number of rotatable bonds is 4. The first kappa shape index (κ1) is 16.6. The van der Waals surface area contributed by atoms with E-state index in [2.05, 4.69) is 10.2 Å². The molecule has 0 saturated carbocycles. The van der Waals surface area contributed by atoms with Crippen LogP contribution in [0.1, 0.15) is 37.1 Å². The van der Waals surface area contributed by atoms with E-state index >= 15 is 0 Å². The van der Waals surface area contributed by atoms with Gasteiger partial charge in [-0.2, -0.15) is 0 Å². The molecule has 1 aliphatic heterocycles. The van der Waals surface area contributed by atoms with Crippen molar-refractivity contribution in [3.8, 4) is 0 Å². The minimum absolute atomic E-state index is 0.00576. The number of carbonyl (C=O) groups is 1. The number of sulfone groups is 1. The van der Waals surface area contributed by atoms with Gasteiger partial charge in [-0.15, -0.1) is 5.10 Å². The predicted octanol–water partition coefficient (Wildman–Crippen LogP) is 1.77. The molecule has 0 unspecified atom stereocenters. The summed E-state index contributed by atoms with van der Waals surface area (Å²) in [5, 5.41) is 7.31. The summed E-state index contributed by atoms with van der Waals surface area (Å²) in [5.41, 5.74) is 0.673. The van der Waals surface area contributed by atoms with E-state index in [1.54, 1.807) is 36.1 Å². The molecule has 1 saturated heterocycles. The zero-order chi connectivity index (χ0) is 17.2. The van der Waals surface area contributed by atoms with Crippen LogP contribution in [0.3, 0.4) is 0 Å².